The molecule has 3 heterocycles. The number of anilines is 1. The molecule has 0 saturated carbocycles. The highest BCUT2D eigenvalue weighted by molar-refractivity contribution is 6.35. The van der Waals surface area contributed by atoms with Crippen molar-refractivity contribution in [1.29, 1.82) is 0 Å². The summed E-state index contributed by atoms with van der Waals surface area (Å²) in [6, 6.07) is 11.7. The van der Waals surface area contributed by atoms with E-state index in [0.29, 0.717) is 42.3 Å². The molecule has 2 aromatic carbocycles. The lowest BCUT2D eigenvalue weighted by molar-refractivity contribution is -0.226. The largest absolute Gasteiger partial charge is 0.383 e. The SMILES string of the molecule is CO[C@@]1(F)[C@H](OCc2ccc(Cl)cc2Cl)[C@@H](COCc2ccc(Cl)cc2Cl)O[C@H]1n1ccc2c(N)ncnc21. The molecule has 4 aromatic rings. The molecule has 0 spiro atoms. The number of hydrogen-bond donors (Lipinski definition) is 1. The molecule has 0 unspecified atom stereocenters. The fourth-order valence-electron chi connectivity index (χ4n) is 4.47. The lowest BCUT2D eigenvalue weighted by atomic mass is 10.1. The summed E-state index contributed by atoms with van der Waals surface area (Å²) in [5, 5.41) is 2.35. The number of hydrogen-bond acceptors (Lipinski definition) is 7. The highest BCUT2D eigenvalue weighted by Crippen LogP contribution is 2.46. The minimum absolute atomic E-state index is 0.0349. The van der Waals surface area contributed by atoms with E-state index in [9.17, 15) is 0 Å². The summed E-state index contributed by atoms with van der Waals surface area (Å²) in [6.07, 6.45) is -0.501. The monoisotopic (exact) mass is 614 g/mol. The minimum atomic E-state index is -2.45. The number of methoxy groups -OCH3 is 1. The first-order valence-electron chi connectivity index (χ1n) is 11.7. The van der Waals surface area contributed by atoms with E-state index in [1.54, 1.807) is 48.7 Å². The summed E-state index contributed by atoms with van der Waals surface area (Å²) in [4.78, 5) is 8.27. The van der Waals surface area contributed by atoms with E-state index in [0.717, 1.165) is 0 Å². The van der Waals surface area contributed by atoms with Gasteiger partial charge in [-0.3, -0.25) is 0 Å². The number of rotatable bonds is 9. The minimum Gasteiger partial charge on any atom is -0.383 e. The second-order valence-corrected chi connectivity index (χ2v) is 10.6. The summed E-state index contributed by atoms with van der Waals surface area (Å²) >= 11 is 24.6. The van der Waals surface area contributed by atoms with Crippen molar-refractivity contribution in [3.63, 3.8) is 0 Å². The van der Waals surface area contributed by atoms with Gasteiger partial charge in [-0.15, -0.1) is 0 Å². The van der Waals surface area contributed by atoms with Gasteiger partial charge in [0.1, 0.15) is 30.0 Å². The fraction of sp³-hybridized carbons (Fsp3) is 0.308. The Bertz CT molecular complexity index is 1490. The van der Waals surface area contributed by atoms with Crippen molar-refractivity contribution in [3.8, 4) is 0 Å². The molecule has 1 saturated heterocycles. The van der Waals surface area contributed by atoms with Gasteiger partial charge in [0.2, 0.25) is 0 Å². The molecule has 39 heavy (non-hydrogen) atoms. The highest BCUT2D eigenvalue weighted by atomic mass is 35.5. The summed E-state index contributed by atoms with van der Waals surface area (Å²) < 4.78 is 42.0. The Hall–Kier alpha value is -2.21. The van der Waals surface area contributed by atoms with Gasteiger partial charge in [-0.1, -0.05) is 58.5 Å². The van der Waals surface area contributed by atoms with E-state index in [-0.39, 0.29) is 25.6 Å². The number of nitrogen functional groups attached to an aromatic ring is 1. The standard InChI is InChI=1S/C26H23Cl4FN4O4/c1-36-26(31)22(38-11-15-3-5-17(28)9-20(15)30)21(12-37-10-14-2-4-16(27)8-19(14)29)39-25(26)35-7-6-18-23(32)33-13-34-24(18)35/h2-9,13,21-22,25H,10-12H2,1H3,(H2,32,33,34)/t21-,22-,25-,26+/m1/s1. The van der Waals surface area contributed by atoms with Crippen molar-refractivity contribution in [2.45, 2.75) is 37.5 Å². The first-order valence-corrected chi connectivity index (χ1v) is 13.3. The van der Waals surface area contributed by atoms with Crippen LogP contribution in [0.1, 0.15) is 17.4 Å². The Kier molecular flexibility index (Phi) is 8.51. The predicted molar refractivity (Wildman–Crippen MR) is 148 cm³/mol. The molecule has 0 radical (unpaired) electrons. The number of halogens is 5. The van der Waals surface area contributed by atoms with Crippen LogP contribution in [0.2, 0.25) is 20.1 Å². The van der Waals surface area contributed by atoms with Crippen LogP contribution >= 0.6 is 46.4 Å². The number of aromatic nitrogens is 3. The molecule has 2 aromatic heterocycles. The zero-order valence-corrected chi connectivity index (χ0v) is 23.5. The molecular weight excluding hydrogens is 593 g/mol. The Morgan fingerprint density at radius 1 is 1.00 bits per heavy atom. The molecule has 8 nitrogen and oxygen atoms in total. The van der Waals surface area contributed by atoms with Crippen LogP contribution in [0.4, 0.5) is 10.2 Å². The Morgan fingerprint density at radius 3 is 2.31 bits per heavy atom. The van der Waals surface area contributed by atoms with Crippen LogP contribution in [0.5, 0.6) is 0 Å². The van der Waals surface area contributed by atoms with Crippen molar-refractivity contribution in [2.75, 3.05) is 19.5 Å². The zero-order chi connectivity index (χ0) is 27.7. The normalized spacial score (nSPS) is 23.1. The number of benzene rings is 2. The van der Waals surface area contributed by atoms with Gasteiger partial charge in [0.25, 0.3) is 5.85 Å². The van der Waals surface area contributed by atoms with Crippen molar-refractivity contribution in [1.82, 2.24) is 14.5 Å². The lowest BCUT2D eigenvalue weighted by Gasteiger charge is -2.30. The fourth-order valence-corrected chi connectivity index (χ4v) is 5.39. The molecule has 1 aliphatic heterocycles. The maximum Gasteiger partial charge on any atom is 0.283 e. The predicted octanol–water partition coefficient (Wildman–Crippen LogP) is 6.64. The third-order valence-electron chi connectivity index (χ3n) is 6.46. The summed E-state index contributed by atoms with van der Waals surface area (Å²) in [5.74, 6) is -2.19. The number of nitrogens with zero attached hydrogens (tertiary/aromatic N) is 3. The van der Waals surface area contributed by atoms with E-state index in [1.165, 1.54) is 18.0 Å². The zero-order valence-electron chi connectivity index (χ0n) is 20.5. The van der Waals surface area contributed by atoms with E-state index >= 15 is 4.39 Å². The molecule has 13 heteroatoms. The lowest BCUT2D eigenvalue weighted by Crippen LogP contribution is -2.46. The van der Waals surface area contributed by atoms with Gasteiger partial charge in [0.05, 0.1) is 25.2 Å². The summed E-state index contributed by atoms with van der Waals surface area (Å²) in [6.45, 7) is 0.0609. The Labute approximate surface area is 243 Å². The third kappa shape index (κ3) is 5.68. The molecule has 4 atom stereocenters. The van der Waals surface area contributed by atoms with Gasteiger partial charge in [-0.25, -0.2) is 14.4 Å². The van der Waals surface area contributed by atoms with Crippen molar-refractivity contribution >= 4 is 63.3 Å². The molecule has 0 aliphatic carbocycles. The molecule has 0 amide bonds. The highest BCUT2D eigenvalue weighted by Gasteiger charge is 2.60. The smallest absolute Gasteiger partial charge is 0.283 e. The van der Waals surface area contributed by atoms with Crippen LogP contribution in [0.3, 0.4) is 0 Å². The quantitative estimate of drug-likeness (QED) is 0.226. The van der Waals surface area contributed by atoms with Crippen LogP contribution in [0, 0.1) is 0 Å². The number of fused-ring (bicyclic) bond motifs is 1. The third-order valence-corrected chi connectivity index (χ3v) is 7.63. The molecular formula is C26H23Cl4FN4O4. The van der Waals surface area contributed by atoms with Crippen LogP contribution < -0.4 is 5.73 Å². The van der Waals surface area contributed by atoms with Crippen LogP contribution in [-0.4, -0.2) is 46.3 Å². The Morgan fingerprint density at radius 2 is 1.67 bits per heavy atom. The molecule has 206 valence electrons. The van der Waals surface area contributed by atoms with Gasteiger partial charge in [-0.05, 0) is 41.5 Å². The van der Waals surface area contributed by atoms with Crippen molar-refractivity contribution in [3.05, 3.63) is 86.2 Å². The summed E-state index contributed by atoms with van der Waals surface area (Å²) in [7, 11) is 1.24. The Balaban J connectivity index is 1.43. The van der Waals surface area contributed by atoms with Gasteiger partial charge in [-0.2, -0.15) is 0 Å². The first kappa shape index (κ1) is 28.3. The summed E-state index contributed by atoms with van der Waals surface area (Å²) in [5.41, 5.74) is 7.69. The van der Waals surface area contributed by atoms with E-state index < -0.39 is 24.3 Å². The molecule has 1 aliphatic rings. The van der Waals surface area contributed by atoms with Gasteiger partial charge >= 0.3 is 0 Å². The van der Waals surface area contributed by atoms with Gasteiger partial charge < -0.3 is 29.2 Å². The number of alkyl halides is 1. The van der Waals surface area contributed by atoms with Gasteiger partial charge in [0, 0.05) is 33.4 Å². The molecule has 1 fully saturated rings. The van der Waals surface area contributed by atoms with Crippen molar-refractivity contribution in [2.24, 2.45) is 0 Å². The topological polar surface area (TPSA) is 93.7 Å². The molecule has 2 N–H and O–H groups in total. The molecule has 5 rings (SSSR count). The second kappa shape index (κ2) is 11.7. The van der Waals surface area contributed by atoms with Gasteiger partial charge in [0.15, 0.2) is 6.23 Å². The van der Waals surface area contributed by atoms with E-state index in [1.807, 2.05) is 0 Å². The second-order valence-electron chi connectivity index (χ2n) is 8.87. The van der Waals surface area contributed by atoms with Crippen LogP contribution in [-0.2, 0) is 32.2 Å². The van der Waals surface area contributed by atoms with Crippen LogP contribution in [0.15, 0.2) is 55.0 Å². The number of nitrogens with two attached hydrogens (primary N) is 1. The van der Waals surface area contributed by atoms with Crippen LogP contribution in [0.25, 0.3) is 11.0 Å². The maximum absolute atomic E-state index is 16.8. The average Bonchev–Trinajstić information content (AvgIpc) is 3.45. The molecule has 0 bridgehead atoms. The van der Waals surface area contributed by atoms with E-state index in [2.05, 4.69) is 9.97 Å². The maximum atomic E-state index is 16.8. The van der Waals surface area contributed by atoms with E-state index in [4.69, 9.17) is 71.1 Å². The van der Waals surface area contributed by atoms with Crippen molar-refractivity contribution < 1.29 is 23.3 Å². The average molecular weight is 616 g/mol. The first-order chi connectivity index (χ1) is 18.7. The number of ether oxygens (including phenoxy) is 4.